The number of fused-ring (bicyclic) bond motifs is 2. The van der Waals surface area contributed by atoms with E-state index < -0.39 is 5.60 Å². The molecule has 2 aromatic rings. The summed E-state index contributed by atoms with van der Waals surface area (Å²) in [7, 11) is 0. The molecule has 1 aliphatic rings. The summed E-state index contributed by atoms with van der Waals surface area (Å²) in [5.74, 6) is 0. The van der Waals surface area contributed by atoms with Gasteiger partial charge in [-0.1, -0.05) is 18.5 Å². The van der Waals surface area contributed by atoms with Crippen LogP contribution in [-0.4, -0.2) is 44.3 Å². The number of amides is 1. The molecule has 0 aliphatic carbocycles. The lowest BCUT2D eigenvalue weighted by Crippen LogP contribution is -2.38. The molecule has 130 valence electrons. The van der Waals surface area contributed by atoms with E-state index in [9.17, 15) is 4.79 Å². The second-order valence-electron chi connectivity index (χ2n) is 7.05. The van der Waals surface area contributed by atoms with Crippen LogP contribution in [0.3, 0.4) is 0 Å². The maximum atomic E-state index is 12.3. The van der Waals surface area contributed by atoms with E-state index in [4.69, 9.17) is 21.3 Å². The largest absolute Gasteiger partial charge is 0.444 e. The van der Waals surface area contributed by atoms with E-state index in [-0.39, 0.29) is 6.09 Å². The first-order valence-electron chi connectivity index (χ1n) is 8.32. The summed E-state index contributed by atoms with van der Waals surface area (Å²) in [5, 5.41) is 4.95. The predicted octanol–water partition coefficient (Wildman–Crippen LogP) is 3.28. The van der Waals surface area contributed by atoms with E-state index in [1.54, 1.807) is 9.42 Å². The number of nitrogens with zero attached hydrogens (tertiary/aromatic N) is 4. The van der Waals surface area contributed by atoms with Gasteiger partial charge in [0.15, 0.2) is 5.65 Å². The van der Waals surface area contributed by atoms with Gasteiger partial charge in [-0.2, -0.15) is 5.10 Å². The highest BCUT2D eigenvalue weighted by Gasteiger charge is 2.26. The molecule has 3 rings (SSSR count). The van der Waals surface area contributed by atoms with Gasteiger partial charge in [0.1, 0.15) is 10.8 Å². The fourth-order valence-corrected chi connectivity index (χ4v) is 3.22. The van der Waals surface area contributed by atoms with Gasteiger partial charge < -0.3 is 9.64 Å². The second kappa shape index (κ2) is 6.24. The SMILES string of the molecule is CCc1cnn2c(Cl)c3c(nc12)CCN(C(=O)OC(C)(C)C)CC3. The molecule has 3 heterocycles. The van der Waals surface area contributed by atoms with Crippen molar-refractivity contribution in [2.45, 2.75) is 52.6 Å². The first-order valence-corrected chi connectivity index (χ1v) is 8.69. The summed E-state index contributed by atoms with van der Waals surface area (Å²) in [6.07, 6.45) is 3.71. The first kappa shape index (κ1) is 17.0. The molecule has 0 bridgehead atoms. The lowest BCUT2D eigenvalue weighted by molar-refractivity contribution is 0.0258. The number of halogens is 1. The predicted molar refractivity (Wildman–Crippen MR) is 92.6 cm³/mol. The van der Waals surface area contributed by atoms with Crippen LogP contribution in [0.15, 0.2) is 6.20 Å². The van der Waals surface area contributed by atoms with Crippen LogP contribution in [0.25, 0.3) is 5.65 Å². The quantitative estimate of drug-likeness (QED) is 0.740. The molecular formula is C17H23ClN4O2. The minimum absolute atomic E-state index is 0.287. The molecule has 0 saturated carbocycles. The van der Waals surface area contributed by atoms with Gasteiger partial charge in [0.2, 0.25) is 0 Å². The van der Waals surface area contributed by atoms with E-state index in [2.05, 4.69) is 12.0 Å². The molecule has 0 fully saturated rings. The normalized spacial score (nSPS) is 15.3. The Morgan fingerprint density at radius 1 is 1.33 bits per heavy atom. The summed E-state index contributed by atoms with van der Waals surface area (Å²) in [4.78, 5) is 18.8. The maximum Gasteiger partial charge on any atom is 0.410 e. The number of carbonyl (C=O) groups is 1. The van der Waals surface area contributed by atoms with Gasteiger partial charge in [-0.15, -0.1) is 0 Å². The lowest BCUT2D eigenvalue weighted by atomic mass is 10.1. The zero-order valence-corrected chi connectivity index (χ0v) is 15.4. The average molecular weight is 351 g/mol. The summed E-state index contributed by atoms with van der Waals surface area (Å²) < 4.78 is 7.17. The molecule has 0 radical (unpaired) electrons. The summed E-state index contributed by atoms with van der Waals surface area (Å²) in [5.41, 5.74) is 3.32. The van der Waals surface area contributed by atoms with Gasteiger partial charge in [0, 0.05) is 30.6 Å². The minimum atomic E-state index is -0.497. The average Bonchev–Trinajstić information content (AvgIpc) is 2.77. The van der Waals surface area contributed by atoms with Crippen LogP contribution in [-0.2, 0) is 24.0 Å². The summed E-state index contributed by atoms with van der Waals surface area (Å²) in [6.45, 7) is 8.84. The highest BCUT2D eigenvalue weighted by molar-refractivity contribution is 6.30. The van der Waals surface area contributed by atoms with E-state index in [0.29, 0.717) is 31.1 Å². The molecule has 7 heteroatoms. The Kier molecular flexibility index (Phi) is 4.42. The van der Waals surface area contributed by atoms with Crippen molar-refractivity contribution in [3.05, 3.63) is 28.2 Å². The van der Waals surface area contributed by atoms with E-state index in [0.717, 1.165) is 28.9 Å². The molecule has 0 atom stereocenters. The molecule has 0 unspecified atom stereocenters. The number of rotatable bonds is 1. The molecular weight excluding hydrogens is 328 g/mol. The van der Waals surface area contributed by atoms with Crippen molar-refractivity contribution >= 4 is 23.3 Å². The Balaban J connectivity index is 1.88. The number of carbonyl (C=O) groups excluding carboxylic acids is 1. The van der Waals surface area contributed by atoms with Crippen LogP contribution in [0, 0.1) is 0 Å². The molecule has 24 heavy (non-hydrogen) atoms. The number of hydrogen-bond acceptors (Lipinski definition) is 4. The van der Waals surface area contributed by atoms with Gasteiger partial charge in [-0.25, -0.2) is 14.3 Å². The Morgan fingerprint density at radius 2 is 2.04 bits per heavy atom. The van der Waals surface area contributed by atoms with Gasteiger partial charge in [-0.05, 0) is 33.6 Å². The van der Waals surface area contributed by atoms with Gasteiger partial charge >= 0.3 is 6.09 Å². The molecule has 0 saturated heterocycles. The molecule has 6 nitrogen and oxygen atoms in total. The summed E-state index contributed by atoms with van der Waals surface area (Å²) >= 11 is 6.56. The number of hydrogen-bond donors (Lipinski definition) is 0. The Labute approximate surface area is 146 Å². The molecule has 2 aromatic heterocycles. The maximum absolute atomic E-state index is 12.3. The van der Waals surface area contributed by atoms with Crippen LogP contribution < -0.4 is 0 Å². The van der Waals surface area contributed by atoms with Crippen molar-refractivity contribution in [1.82, 2.24) is 19.5 Å². The minimum Gasteiger partial charge on any atom is -0.444 e. The Hall–Kier alpha value is -1.82. The third-order valence-corrected chi connectivity index (χ3v) is 4.51. The Bertz CT molecular complexity index is 779. The first-order chi connectivity index (χ1) is 11.3. The van der Waals surface area contributed by atoms with Crippen molar-refractivity contribution in [2.75, 3.05) is 13.1 Å². The van der Waals surface area contributed by atoms with Crippen molar-refractivity contribution in [3.63, 3.8) is 0 Å². The number of ether oxygens (including phenoxy) is 1. The van der Waals surface area contributed by atoms with Crippen molar-refractivity contribution < 1.29 is 9.53 Å². The lowest BCUT2D eigenvalue weighted by Gasteiger charge is -2.26. The van der Waals surface area contributed by atoms with Gasteiger partial charge in [0.25, 0.3) is 0 Å². The van der Waals surface area contributed by atoms with E-state index in [1.165, 1.54) is 0 Å². The monoisotopic (exact) mass is 350 g/mol. The topological polar surface area (TPSA) is 59.7 Å². The van der Waals surface area contributed by atoms with Crippen LogP contribution in [0.5, 0.6) is 0 Å². The van der Waals surface area contributed by atoms with Crippen molar-refractivity contribution in [3.8, 4) is 0 Å². The second-order valence-corrected chi connectivity index (χ2v) is 7.41. The number of aromatic nitrogens is 3. The third kappa shape index (κ3) is 3.20. The van der Waals surface area contributed by atoms with Crippen LogP contribution in [0.1, 0.15) is 44.5 Å². The van der Waals surface area contributed by atoms with Crippen LogP contribution in [0.2, 0.25) is 5.15 Å². The standard InChI is InChI=1S/C17H23ClN4O2/c1-5-11-10-19-22-14(18)12-6-8-21(16(23)24-17(2,3)4)9-7-13(12)20-15(11)22/h10H,5-9H2,1-4H3. The van der Waals surface area contributed by atoms with E-state index >= 15 is 0 Å². The van der Waals surface area contributed by atoms with E-state index in [1.807, 2.05) is 27.0 Å². The van der Waals surface area contributed by atoms with Gasteiger partial charge in [-0.3, -0.25) is 0 Å². The molecule has 1 amide bonds. The van der Waals surface area contributed by atoms with Crippen molar-refractivity contribution in [2.24, 2.45) is 0 Å². The number of aryl methyl sites for hydroxylation is 1. The fraction of sp³-hybridized carbons (Fsp3) is 0.588. The molecule has 0 spiro atoms. The molecule has 0 N–H and O–H groups in total. The molecule has 1 aliphatic heterocycles. The fourth-order valence-electron chi connectivity index (χ4n) is 2.89. The van der Waals surface area contributed by atoms with Gasteiger partial charge in [0.05, 0.1) is 11.9 Å². The zero-order valence-electron chi connectivity index (χ0n) is 14.6. The highest BCUT2D eigenvalue weighted by Crippen LogP contribution is 2.26. The smallest absolute Gasteiger partial charge is 0.410 e. The zero-order chi connectivity index (χ0) is 17.5. The van der Waals surface area contributed by atoms with Crippen molar-refractivity contribution in [1.29, 1.82) is 0 Å². The third-order valence-electron chi connectivity index (χ3n) is 4.12. The highest BCUT2D eigenvalue weighted by atomic mass is 35.5. The van der Waals surface area contributed by atoms with Crippen LogP contribution in [0.4, 0.5) is 4.79 Å². The molecule has 0 aromatic carbocycles. The summed E-state index contributed by atoms with van der Waals surface area (Å²) in [6, 6.07) is 0. The van der Waals surface area contributed by atoms with Crippen LogP contribution >= 0.6 is 11.6 Å². The Morgan fingerprint density at radius 3 is 2.71 bits per heavy atom.